The average molecular weight is 215 g/mol. The lowest BCUT2D eigenvalue weighted by Crippen LogP contribution is -2.23. The van der Waals surface area contributed by atoms with Gasteiger partial charge in [0.05, 0.1) is 23.8 Å². The molecule has 0 unspecified atom stereocenters. The summed E-state index contributed by atoms with van der Waals surface area (Å²) in [7, 11) is 0. The van der Waals surface area contributed by atoms with Crippen LogP contribution in [0.4, 0.5) is 16.2 Å². The Morgan fingerprint density at radius 1 is 1.06 bits per heavy atom. The molecule has 2 aromatic heterocycles. The number of aromatic nitrogens is 2. The first-order chi connectivity index (χ1) is 7.79. The maximum absolute atomic E-state index is 11.2. The number of pyridine rings is 2. The maximum Gasteiger partial charge on any atom is 0.416 e. The standard InChI is InChI=1S/C11H9N3O2/c15-11(16)14(9-3-1-5-12-7-9)10-4-2-6-13-8-10/h1-8H,(H,15,16). The van der Waals surface area contributed by atoms with Crippen LogP contribution in [0.15, 0.2) is 49.1 Å². The van der Waals surface area contributed by atoms with Gasteiger partial charge in [-0.1, -0.05) is 0 Å². The molecule has 0 saturated heterocycles. The van der Waals surface area contributed by atoms with Crippen molar-refractivity contribution in [2.75, 3.05) is 4.90 Å². The van der Waals surface area contributed by atoms with Crippen LogP contribution in [0.3, 0.4) is 0 Å². The van der Waals surface area contributed by atoms with Crippen molar-refractivity contribution in [3.63, 3.8) is 0 Å². The first-order valence-electron chi connectivity index (χ1n) is 4.62. The van der Waals surface area contributed by atoms with E-state index in [1.54, 1.807) is 36.7 Å². The van der Waals surface area contributed by atoms with E-state index < -0.39 is 6.09 Å². The van der Waals surface area contributed by atoms with E-state index in [1.807, 2.05) is 0 Å². The van der Waals surface area contributed by atoms with Crippen molar-refractivity contribution in [1.29, 1.82) is 0 Å². The molecule has 5 nitrogen and oxygen atoms in total. The molecule has 0 spiro atoms. The number of hydrogen-bond donors (Lipinski definition) is 1. The predicted molar refractivity (Wildman–Crippen MR) is 58.6 cm³/mol. The van der Waals surface area contributed by atoms with Gasteiger partial charge in [0.25, 0.3) is 0 Å². The number of rotatable bonds is 2. The molecule has 2 heterocycles. The lowest BCUT2D eigenvalue weighted by molar-refractivity contribution is 0.204. The van der Waals surface area contributed by atoms with Crippen molar-refractivity contribution >= 4 is 17.5 Å². The quantitative estimate of drug-likeness (QED) is 0.834. The number of carbonyl (C=O) groups is 1. The summed E-state index contributed by atoms with van der Waals surface area (Å²) in [4.78, 5) is 20.1. The molecule has 5 heteroatoms. The van der Waals surface area contributed by atoms with Crippen LogP contribution in [0, 0.1) is 0 Å². The van der Waals surface area contributed by atoms with Crippen molar-refractivity contribution in [3.05, 3.63) is 49.1 Å². The fourth-order valence-electron chi connectivity index (χ4n) is 1.34. The highest BCUT2D eigenvalue weighted by Crippen LogP contribution is 2.23. The third-order valence-electron chi connectivity index (χ3n) is 2.00. The van der Waals surface area contributed by atoms with Crippen LogP contribution >= 0.6 is 0 Å². The van der Waals surface area contributed by atoms with E-state index >= 15 is 0 Å². The monoisotopic (exact) mass is 215 g/mol. The molecule has 0 radical (unpaired) electrons. The van der Waals surface area contributed by atoms with Crippen molar-refractivity contribution in [1.82, 2.24) is 9.97 Å². The van der Waals surface area contributed by atoms with E-state index in [9.17, 15) is 4.79 Å². The Kier molecular flexibility index (Phi) is 2.77. The summed E-state index contributed by atoms with van der Waals surface area (Å²) in [5.41, 5.74) is 0.978. The number of carboxylic acid groups (broad SMARTS) is 1. The van der Waals surface area contributed by atoms with Crippen molar-refractivity contribution in [3.8, 4) is 0 Å². The predicted octanol–water partition coefficient (Wildman–Crippen LogP) is 2.29. The first kappa shape index (κ1) is 10.1. The summed E-state index contributed by atoms with van der Waals surface area (Å²) in [6.07, 6.45) is 5.09. The van der Waals surface area contributed by atoms with Crippen LogP contribution in [0.1, 0.15) is 0 Å². The molecular formula is C11H9N3O2. The average Bonchev–Trinajstić information content (AvgIpc) is 2.31. The van der Waals surface area contributed by atoms with Gasteiger partial charge in [0.2, 0.25) is 0 Å². The molecule has 2 aromatic rings. The van der Waals surface area contributed by atoms with E-state index in [1.165, 1.54) is 12.4 Å². The zero-order valence-corrected chi connectivity index (χ0v) is 8.32. The van der Waals surface area contributed by atoms with Gasteiger partial charge in [-0.25, -0.2) is 9.69 Å². The smallest absolute Gasteiger partial charge is 0.416 e. The van der Waals surface area contributed by atoms with Crippen LogP contribution in [-0.4, -0.2) is 21.2 Å². The van der Waals surface area contributed by atoms with Crippen LogP contribution < -0.4 is 4.90 Å². The fourth-order valence-corrected chi connectivity index (χ4v) is 1.34. The summed E-state index contributed by atoms with van der Waals surface area (Å²) in [6.45, 7) is 0. The molecule has 80 valence electrons. The summed E-state index contributed by atoms with van der Waals surface area (Å²) in [6, 6.07) is 6.71. The van der Waals surface area contributed by atoms with Crippen LogP contribution in [0.5, 0.6) is 0 Å². The Hall–Kier alpha value is -2.43. The molecular weight excluding hydrogens is 206 g/mol. The summed E-state index contributed by atoms with van der Waals surface area (Å²) in [5, 5.41) is 9.15. The molecule has 1 N–H and O–H groups in total. The number of anilines is 2. The largest absolute Gasteiger partial charge is 0.464 e. The summed E-state index contributed by atoms with van der Waals surface area (Å²) in [5.74, 6) is 0. The lowest BCUT2D eigenvalue weighted by atomic mass is 10.3. The van der Waals surface area contributed by atoms with Gasteiger partial charge in [0.1, 0.15) is 0 Å². The zero-order valence-electron chi connectivity index (χ0n) is 8.32. The number of hydrogen-bond acceptors (Lipinski definition) is 3. The van der Waals surface area contributed by atoms with Crippen LogP contribution in [0.2, 0.25) is 0 Å². The highest BCUT2D eigenvalue weighted by molar-refractivity contribution is 5.94. The van der Waals surface area contributed by atoms with Gasteiger partial charge in [-0.15, -0.1) is 0 Å². The second-order valence-corrected chi connectivity index (χ2v) is 3.04. The molecule has 16 heavy (non-hydrogen) atoms. The first-order valence-corrected chi connectivity index (χ1v) is 4.62. The molecule has 2 rings (SSSR count). The molecule has 0 atom stereocenters. The van der Waals surface area contributed by atoms with Crippen molar-refractivity contribution < 1.29 is 9.90 Å². The summed E-state index contributed by atoms with van der Waals surface area (Å²) >= 11 is 0. The van der Waals surface area contributed by atoms with E-state index in [0.717, 1.165) is 4.90 Å². The molecule has 0 aliphatic carbocycles. The second-order valence-electron chi connectivity index (χ2n) is 3.04. The van der Waals surface area contributed by atoms with Gasteiger partial charge in [-0.2, -0.15) is 0 Å². The fraction of sp³-hybridized carbons (Fsp3) is 0. The summed E-state index contributed by atoms with van der Waals surface area (Å²) < 4.78 is 0. The SMILES string of the molecule is O=C(O)N(c1cccnc1)c1cccnc1. The zero-order chi connectivity index (χ0) is 11.4. The van der Waals surface area contributed by atoms with E-state index in [0.29, 0.717) is 11.4 Å². The van der Waals surface area contributed by atoms with Crippen LogP contribution in [0.25, 0.3) is 0 Å². The number of nitrogens with zero attached hydrogens (tertiary/aromatic N) is 3. The topological polar surface area (TPSA) is 66.3 Å². The Morgan fingerprint density at radius 3 is 1.88 bits per heavy atom. The molecule has 0 bridgehead atoms. The minimum atomic E-state index is -1.07. The molecule has 0 aliphatic rings. The second kappa shape index (κ2) is 4.39. The van der Waals surface area contributed by atoms with Gasteiger partial charge < -0.3 is 5.11 Å². The van der Waals surface area contributed by atoms with E-state index in [4.69, 9.17) is 5.11 Å². The van der Waals surface area contributed by atoms with E-state index in [2.05, 4.69) is 9.97 Å². The third-order valence-corrected chi connectivity index (χ3v) is 2.00. The van der Waals surface area contributed by atoms with Crippen molar-refractivity contribution in [2.45, 2.75) is 0 Å². The highest BCUT2D eigenvalue weighted by atomic mass is 16.4. The lowest BCUT2D eigenvalue weighted by Gasteiger charge is -2.17. The van der Waals surface area contributed by atoms with Crippen LogP contribution in [-0.2, 0) is 0 Å². The Balaban J connectivity index is 2.44. The Labute approximate surface area is 92.0 Å². The van der Waals surface area contributed by atoms with Gasteiger partial charge in [0, 0.05) is 12.4 Å². The normalized spacial score (nSPS) is 9.75. The van der Waals surface area contributed by atoms with Gasteiger partial charge >= 0.3 is 6.09 Å². The van der Waals surface area contributed by atoms with E-state index in [-0.39, 0.29) is 0 Å². The third kappa shape index (κ3) is 1.98. The van der Waals surface area contributed by atoms with Gasteiger partial charge in [-0.05, 0) is 24.3 Å². The minimum Gasteiger partial charge on any atom is -0.464 e. The van der Waals surface area contributed by atoms with Crippen molar-refractivity contribution in [2.24, 2.45) is 0 Å². The molecule has 0 aromatic carbocycles. The molecule has 0 saturated carbocycles. The minimum absolute atomic E-state index is 0.489. The highest BCUT2D eigenvalue weighted by Gasteiger charge is 2.16. The number of amides is 1. The molecule has 0 fully saturated rings. The van der Waals surface area contributed by atoms with Gasteiger partial charge in [0.15, 0.2) is 0 Å². The Bertz CT molecular complexity index is 434. The Morgan fingerprint density at radius 2 is 1.56 bits per heavy atom. The van der Waals surface area contributed by atoms with Gasteiger partial charge in [-0.3, -0.25) is 9.97 Å². The maximum atomic E-state index is 11.2. The molecule has 1 amide bonds. The molecule has 0 aliphatic heterocycles.